The molecule has 3 atom stereocenters. The zero-order chi connectivity index (χ0) is 20.0. The number of carbonyl (C=O) groups is 3. The maximum absolute atomic E-state index is 13.0. The third-order valence-electron chi connectivity index (χ3n) is 6.96. The zero-order valence-corrected chi connectivity index (χ0v) is 16.7. The molecule has 0 aliphatic carbocycles. The normalized spacial score (nSPS) is 30.1. The molecule has 2 N–H and O–H groups in total. The van der Waals surface area contributed by atoms with E-state index in [1.165, 1.54) is 25.7 Å². The molecule has 0 spiro atoms. The molecular formula is C22H28N4O3. The SMILES string of the molecule is O=C1CCC(N2Cc3ccc(CN4CCCC4C4CCCN4)cc3C2=O)C(=O)N1. The van der Waals surface area contributed by atoms with Gasteiger partial charge in [-0.05, 0) is 62.4 Å². The molecule has 3 unspecified atom stereocenters. The van der Waals surface area contributed by atoms with Crippen LogP contribution >= 0.6 is 0 Å². The van der Waals surface area contributed by atoms with Gasteiger partial charge in [0.15, 0.2) is 0 Å². The smallest absolute Gasteiger partial charge is 0.255 e. The molecule has 3 saturated heterocycles. The quantitative estimate of drug-likeness (QED) is 0.747. The fourth-order valence-electron chi connectivity index (χ4n) is 5.48. The highest BCUT2D eigenvalue weighted by molar-refractivity contribution is 6.05. The van der Waals surface area contributed by atoms with E-state index in [2.05, 4.69) is 21.6 Å². The number of rotatable bonds is 4. The van der Waals surface area contributed by atoms with E-state index in [0.717, 1.165) is 30.8 Å². The van der Waals surface area contributed by atoms with Crippen molar-refractivity contribution in [3.05, 3.63) is 34.9 Å². The number of imide groups is 1. The Morgan fingerprint density at radius 2 is 1.97 bits per heavy atom. The highest BCUT2D eigenvalue weighted by Gasteiger charge is 2.39. The molecule has 3 amide bonds. The molecule has 0 saturated carbocycles. The van der Waals surface area contributed by atoms with Gasteiger partial charge in [-0.25, -0.2) is 0 Å². The van der Waals surface area contributed by atoms with Crippen molar-refractivity contribution in [3.63, 3.8) is 0 Å². The molecule has 0 bridgehead atoms. The van der Waals surface area contributed by atoms with Crippen LogP contribution in [0.2, 0.25) is 0 Å². The van der Waals surface area contributed by atoms with Gasteiger partial charge in [0.25, 0.3) is 5.91 Å². The fraction of sp³-hybridized carbons (Fsp3) is 0.591. The van der Waals surface area contributed by atoms with E-state index in [0.29, 0.717) is 30.6 Å². The van der Waals surface area contributed by atoms with Gasteiger partial charge < -0.3 is 10.2 Å². The second kappa shape index (κ2) is 7.54. The molecule has 0 aromatic heterocycles. The molecule has 4 aliphatic rings. The summed E-state index contributed by atoms with van der Waals surface area (Å²) >= 11 is 0. The first kappa shape index (κ1) is 18.8. The molecule has 0 radical (unpaired) electrons. The molecule has 5 rings (SSSR count). The van der Waals surface area contributed by atoms with Crippen LogP contribution in [0.5, 0.6) is 0 Å². The van der Waals surface area contributed by atoms with Crippen LogP contribution in [-0.4, -0.2) is 58.7 Å². The Hall–Kier alpha value is -2.25. The fourth-order valence-corrected chi connectivity index (χ4v) is 5.48. The van der Waals surface area contributed by atoms with E-state index in [9.17, 15) is 14.4 Å². The Bertz CT molecular complexity index is 848. The maximum Gasteiger partial charge on any atom is 0.255 e. The number of likely N-dealkylation sites (tertiary alicyclic amines) is 1. The van der Waals surface area contributed by atoms with Crippen molar-refractivity contribution >= 4 is 17.7 Å². The highest BCUT2D eigenvalue weighted by atomic mass is 16.2. The van der Waals surface area contributed by atoms with Crippen molar-refractivity contribution in [2.45, 2.75) is 69.7 Å². The van der Waals surface area contributed by atoms with Crippen LogP contribution in [0.3, 0.4) is 0 Å². The highest BCUT2D eigenvalue weighted by Crippen LogP contribution is 2.30. The molecule has 4 aliphatic heterocycles. The summed E-state index contributed by atoms with van der Waals surface area (Å²) in [5.74, 6) is -0.701. The topological polar surface area (TPSA) is 81.8 Å². The van der Waals surface area contributed by atoms with Crippen LogP contribution in [-0.2, 0) is 22.7 Å². The van der Waals surface area contributed by atoms with Crippen molar-refractivity contribution in [1.29, 1.82) is 0 Å². The minimum absolute atomic E-state index is 0.0909. The van der Waals surface area contributed by atoms with Crippen molar-refractivity contribution in [2.75, 3.05) is 13.1 Å². The summed E-state index contributed by atoms with van der Waals surface area (Å²) in [6.45, 7) is 3.54. The molecule has 1 aromatic carbocycles. The minimum Gasteiger partial charge on any atom is -0.322 e. The molecule has 29 heavy (non-hydrogen) atoms. The number of benzene rings is 1. The first-order chi connectivity index (χ1) is 14.1. The minimum atomic E-state index is -0.549. The third-order valence-corrected chi connectivity index (χ3v) is 6.96. The van der Waals surface area contributed by atoms with Crippen molar-refractivity contribution in [2.24, 2.45) is 0 Å². The molecule has 154 valence electrons. The number of amides is 3. The summed E-state index contributed by atoms with van der Waals surface area (Å²) in [7, 11) is 0. The van der Waals surface area contributed by atoms with Crippen molar-refractivity contribution < 1.29 is 14.4 Å². The van der Waals surface area contributed by atoms with Gasteiger partial charge in [-0.2, -0.15) is 0 Å². The van der Waals surface area contributed by atoms with E-state index in [-0.39, 0.29) is 24.1 Å². The lowest BCUT2D eigenvalue weighted by Gasteiger charge is -2.29. The van der Waals surface area contributed by atoms with E-state index in [4.69, 9.17) is 0 Å². The van der Waals surface area contributed by atoms with Gasteiger partial charge in [0.05, 0.1) is 0 Å². The second-order valence-corrected chi connectivity index (χ2v) is 8.77. The molecule has 7 heteroatoms. The lowest BCUT2D eigenvalue weighted by Crippen LogP contribution is -2.52. The monoisotopic (exact) mass is 396 g/mol. The van der Waals surface area contributed by atoms with Crippen LogP contribution < -0.4 is 10.6 Å². The third kappa shape index (κ3) is 3.46. The van der Waals surface area contributed by atoms with Crippen LogP contribution in [0.4, 0.5) is 0 Å². The van der Waals surface area contributed by atoms with Crippen molar-refractivity contribution in [1.82, 2.24) is 20.4 Å². The van der Waals surface area contributed by atoms with E-state index in [1.54, 1.807) is 4.90 Å². The first-order valence-corrected chi connectivity index (χ1v) is 10.8. The Kier molecular flexibility index (Phi) is 4.87. The molecular weight excluding hydrogens is 368 g/mol. The summed E-state index contributed by atoms with van der Waals surface area (Å²) in [6.07, 6.45) is 5.68. The van der Waals surface area contributed by atoms with Crippen molar-refractivity contribution in [3.8, 4) is 0 Å². The lowest BCUT2D eigenvalue weighted by atomic mass is 10.0. The van der Waals surface area contributed by atoms with Gasteiger partial charge in [-0.1, -0.05) is 12.1 Å². The van der Waals surface area contributed by atoms with Gasteiger partial charge in [-0.3, -0.25) is 24.6 Å². The second-order valence-electron chi connectivity index (χ2n) is 8.77. The largest absolute Gasteiger partial charge is 0.322 e. The predicted molar refractivity (Wildman–Crippen MR) is 107 cm³/mol. The predicted octanol–water partition coefficient (Wildman–Crippen LogP) is 1.16. The number of piperidine rings is 1. The number of fused-ring (bicyclic) bond motifs is 1. The lowest BCUT2D eigenvalue weighted by molar-refractivity contribution is -0.136. The van der Waals surface area contributed by atoms with E-state index in [1.807, 2.05) is 12.1 Å². The molecule has 3 fully saturated rings. The van der Waals surface area contributed by atoms with Crippen LogP contribution in [0, 0.1) is 0 Å². The van der Waals surface area contributed by atoms with Gasteiger partial charge in [0.2, 0.25) is 11.8 Å². The number of hydrogen-bond donors (Lipinski definition) is 2. The Morgan fingerprint density at radius 3 is 2.76 bits per heavy atom. The zero-order valence-electron chi connectivity index (χ0n) is 16.7. The summed E-state index contributed by atoms with van der Waals surface area (Å²) in [5, 5.41) is 6.01. The Balaban J connectivity index is 1.30. The standard InChI is InChI=1S/C22H28N4O3/c27-20-8-7-19(21(28)24-20)26-13-15-6-5-14(11-16(15)22(26)29)12-25-10-2-4-18(25)17-3-1-9-23-17/h5-6,11,17-19,23H,1-4,7-10,12-13H2,(H,24,27,28). The molecule has 7 nitrogen and oxygen atoms in total. The number of nitrogens with one attached hydrogen (secondary N) is 2. The first-order valence-electron chi connectivity index (χ1n) is 10.8. The van der Waals surface area contributed by atoms with Crippen LogP contribution in [0.15, 0.2) is 18.2 Å². The number of carbonyl (C=O) groups excluding carboxylic acids is 3. The van der Waals surface area contributed by atoms with Gasteiger partial charge >= 0.3 is 0 Å². The van der Waals surface area contributed by atoms with Crippen LogP contribution in [0.25, 0.3) is 0 Å². The number of nitrogens with zero attached hydrogens (tertiary/aromatic N) is 2. The summed E-state index contributed by atoms with van der Waals surface area (Å²) < 4.78 is 0. The van der Waals surface area contributed by atoms with E-state index < -0.39 is 6.04 Å². The van der Waals surface area contributed by atoms with Gasteiger partial charge in [0.1, 0.15) is 6.04 Å². The summed E-state index contributed by atoms with van der Waals surface area (Å²) in [4.78, 5) is 40.8. The van der Waals surface area contributed by atoms with Gasteiger partial charge in [-0.15, -0.1) is 0 Å². The Labute approximate surface area is 170 Å². The maximum atomic E-state index is 13.0. The molecule has 4 heterocycles. The van der Waals surface area contributed by atoms with E-state index >= 15 is 0 Å². The Morgan fingerprint density at radius 1 is 1.07 bits per heavy atom. The average molecular weight is 396 g/mol. The molecule has 1 aromatic rings. The summed E-state index contributed by atoms with van der Waals surface area (Å²) in [6, 6.07) is 6.80. The number of hydrogen-bond acceptors (Lipinski definition) is 5. The van der Waals surface area contributed by atoms with Gasteiger partial charge in [0, 0.05) is 37.2 Å². The van der Waals surface area contributed by atoms with Crippen LogP contribution in [0.1, 0.15) is 60.0 Å². The summed E-state index contributed by atoms with van der Waals surface area (Å²) in [5.41, 5.74) is 2.84. The average Bonchev–Trinajstić information content (AvgIpc) is 3.43.